The minimum Gasteiger partial charge on any atom is -0.366 e. The number of carbonyl (C=O) groups excluding carboxylic acids is 1. The van der Waals surface area contributed by atoms with Gasteiger partial charge in [-0.05, 0) is 52.0 Å². The SMILES string of the molecule is O=C(Nc1ccccc1-c1ccccc1)N1CCCC(c2cc(NCc3cccnc3)n3ncc(Br)c3n2)C1. The molecule has 1 saturated heterocycles. The topological polar surface area (TPSA) is 87.5 Å². The monoisotopic (exact) mass is 581 g/mol. The number of nitrogens with one attached hydrogen (secondary N) is 2. The lowest BCUT2D eigenvalue weighted by atomic mass is 9.94. The van der Waals surface area contributed by atoms with E-state index in [0.717, 1.165) is 56.9 Å². The van der Waals surface area contributed by atoms with E-state index in [1.165, 1.54) is 0 Å². The number of para-hydroxylation sites is 1. The first kappa shape index (κ1) is 25.1. The van der Waals surface area contributed by atoms with Crippen LogP contribution < -0.4 is 10.6 Å². The molecule has 4 heterocycles. The molecule has 2 amide bonds. The average molecular weight is 583 g/mol. The summed E-state index contributed by atoms with van der Waals surface area (Å²) in [6.45, 7) is 1.92. The molecule has 1 aliphatic heterocycles. The van der Waals surface area contributed by atoms with Gasteiger partial charge in [0.15, 0.2) is 5.65 Å². The summed E-state index contributed by atoms with van der Waals surface area (Å²) < 4.78 is 2.63. The fraction of sp³-hybridized carbons (Fsp3) is 0.200. The van der Waals surface area contributed by atoms with Crippen molar-refractivity contribution in [3.05, 3.63) is 107 Å². The minimum absolute atomic E-state index is 0.0929. The molecular weight excluding hydrogens is 554 g/mol. The molecule has 0 aliphatic carbocycles. The van der Waals surface area contributed by atoms with Gasteiger partial charge in [0.2, 0.25) is 0 Å². The van der Waals surface area contributed by atoms with Crippen molar-refractivity contribution in [2.75, 3.05) is 23.7 Å². The lowest BCUT2D eigenvalue weighted by molar-refractivity contribution is 0.192. The number of nitrogens with zero attached hydrogens (tertiary/aromatic N) is 5. The lowest BCUT2D eigenvalue weighted by Crippen LogP contribution is -2.41. The Morgan fingerprint density at radius 3 is 2.72 bits per heavy atom. The number of hydrogen-bond acceptors (Lipinski definition) is 5. The van der Waals surface area contributed by atoms with Gasteiger partial charge >= 0.3 is 6.03 Å². The second kappa shape index (κ2) is 11.2. The molecule has 0 saturated carbocycles. The van der Waals surface area contributed by atoms with Crippen LogP contribution in [0.25, 0.3) is 16.8 Å². The Hall–Kier alpha value is -4.24. The highest BCUT2D eigenvalue weighted by atomic mass is 79.9. The van der Waals surface area contributed by atoms with Crippen molar-refractivity contribution in [2.45, 2.75) is 25.3 Å². The van der Waals surface area contributed by atoms with E-state index in [-0.39, 0.29) is 11.9 Å². The summed E-state index contributed by atoms with van der Waals surface area (Å²) in [4.78, 5) is 24.5. The summed E-state index contributed by atoms with van der Waals surface area (Å²) >= 11 is 3.60. The molecule has 1 unspecified atom stereocenters. The average Bonchev–Trinajstić information content (AvgIpc) is 3.37. The van der Waals surface area contributed by atoms with Crippen molar-refractivity contribution >= 4 is 39.1 Å². The summed E-state index contributed by atoms with van der Waals surface area (Å²) in [5, 5.41) is 11.1. The summed E-state index contributed by atoms with van der Waals surface area (Å²) in [6.07, 6.45) is 7.23. The van der Waals surface area contributed by atoms with Crippen LogP contribution in [0.1, 0.15) is 30.0 Å². The minimum atomic E-state index is -0.0929. The van der Waals surface area contributed by atoms with Gasteiger partial charge in [0.1, 0.15) is 5.82 Å². The second-order valence-corrected chi connectivity index (χ2v) is 10.5. The van der Waals surface area contributed by atoms with Crippen molar-refractivity contribution < 1.29 is 4.79 Å². The Morgan fingerprint density at radius 1 is 1.03 bits per heavy atom. The number of pyridine rings is 1. The predicted octanol–water partition coefficient (Wildman–Crippen LogP) is 6.58. The zero-order valence-corrected chi connectivity index (χ0v) is 22.9. The fourth-order valence-electron chi connectivity index (χ4n) is 5.04. The quantitative estimate of drug-likeness (QED) is 0.236. The zero-order valence-electron chi connectivity index (χ0n) is 21.3. The number of carbonyl (C=O) groups is 1. The number of amides is 2. The molecule has 0 radical (unpaired) electrons. The molecule has 0 bridgehead atoms. The van der Waals surface area contributed by atoms with Gasteiger partial charge in [-0.1, -0.05) is 54.6 Å². The highest BCUT2D eigenvalue weighted by Gasteiger charge is 2.27. The number of anilines is 2. The maximum absolute atomic E-state index is 13.4. The largest absolute Gasteiger partial charge is 0.366 e. The Bertz CT molecular complexity index is 1590. The number of hydrogen-bond donors (Lipinski definition) is 2. The van der Waals surface area contributed by atoms with Crippen LogP contribution in [0.2, 0.25) is 0 Å². The van der Waals surface area contributed by atoms with Gasteiger partial charge in [-0.15, -0.1) is 0 Å². The highest BCUT2D eigenvalue weighted by molar-refractivity contribution is 9.10. The molecule has 3 aromatic heterocycles. The zero-order chi connectivity index (χ0) is 26.6. The number of urea groups is 1. The van der Waals surface area contributed by atoms with Crippen LogP contribution in [-0.2, 0) is 6.54 Å². The maximum atomic E-state index is 13.4. The van der Waals surface area contributed by atoms with Crippen LogP contribution in [0.5, 0.6) is 0 Å². The molecule has 2 N–H and O–H groups in total. The number of aromatic nitrogens is 4. The van der Waals surface area contributed by atoms with E-state index in [1.807, 2.05) is 65.7 Å². The fourth-order valence-corrected chi connectivity index (χ4v) is 5.39. The van der Waals surface area contributed by atoms with Crippen molar-refractivity contribution in [3.63, 3.8) is 0 Å². The molecule has 1 fully saturated rings. The number of fused-ring (bicyclic) bond motifs is 1. The van der Waals surface area contributed by atoms with E-state index in [4.69, 9.17) is 4.98 Å². The van der Waals surface area contributed by atoms with E-state index >= 15 is 0 Å². The van der Waals surface area contributed by atoms with Gasteiger partial charge in [0.25, 0.3) is 0 Å². The van der Waals surface area contributed by atoms with Crippen molar-refractivity contribution in [1.82, 2.24) is 24.5 Å². The third-order valence-corrected chi connectivity index (χ3v) is 7.58. The van der Waals surface area contributed by atoms with Gasteiger partial charge in [0.05, 0.1) is 22.1 Å². The lowest BCUT2D eigenvalue weighted by Gasteiger charge is -2.33. The standard InChI is InChI=1S/C30H28BrN7O/c31-25-19-34-38-28(33-18-21-8-6-14-32-17-21)16-27(35-29(25)38)23-11-7-15-37(20-23)30(39)36-26-13-5-4-12-24(26)22-9-2-1-3-10-22/h1-6,8-10,12-14,16-17,19,23,33H,7,11,15,18,20H2,(H,36,39). The number of benzene rings is 2. The molecule has 39 heavy (non-hydrogen) atoms. The second-order valence-electron chi connectivity index (χ2n) is 9.64. The number of halogens is 1. The summed E-state index contributed by atoms with van der Waals surface area (Å²) in [5.74, 6) is 0.961. The molecule has 1 atom stereocenters. The predicted molar refractivity (Wildman–Crippen MR) is 157 cm³/mol. The van der Waals surface area contributed by atoms with Crippen molar-refractivity contribution in [2.24, 2.45) is 0 Å². The molecule has 9 heteroatoms. The first-order valence-corrected chi connectivity index (χ1v) is 13.8. The molecule has 196 valence electrons. The molecule has 1 aliphatic rings. The Kier molecular flexibility index (Phi) is 7.23. The van der Waals surface area contributed by atoms with E-state index in [0.29, 0.717) is 19.6 Å². The third kappa shape index (κ3) is 5.49. The summed E-state index contributed by atoms with van der Waals surface area (Å²) in [6, 6.07) is 24.0. The van der Waals surface area contributed by atoms with Crippen LogP contribution in [0, 0.1) is 0 Å². The smallest absolute Gasteiger partial charge is 0.321 e. The van der Waals surface area contributed by atoms with E-state index in [9.17, 15) is 4.79 Å². The van der Waals surface area contributed by atoms with Gasteiger partial charge in [0, 0.05) is 49.6 Å². The van der Waals surface area contributed by atoms with Crippen LogP contribution in [0.4, 0.5) is 16.3 Å². The van der Waals surface area contributed by atoms with Crippen LogP contribution in [-0.4, -0.2) is 43.6 Å². The Labute approximate surface area is 235 Å². The first-order valence-electron chi connectivity index (χ1n) is 13.0. The van der Waals surface area contributed by atoms with Gasteiger partial charge in [-0.25, -0.2) is 9.78 Å². The molecule has 8 nitrogen and oxygen atoms in total. The van der Waals surface area contributed by atoms with Crippen LogP contribution in [0.3, 0.4) is 0 Å². The van der Waals surface area contributed by atoms with Crippen LogP contribution >= 0.6 is 15.9 Å². The maximum Gasteiger partial charge on any atom is 0.321 e. The molecule has 0 spiro atoms. The number of likely N-dealkylation sites (tertiary alicyclic amines) is 1. The van der Waals surface area contributed by atoms with Crippen molar-refractivity contribution in [1.29, 1.82) is 0 Å². The van der Waals surface area contributed by atoms with Gasteiger partial charge < -0.3 is 15.5 Å². The molecular formula is C30H28BrN7O. The Balaban J connectivity index is 1.22. The first-order chi connectivity index (χ1) is 19.2. The third-order valence-electron chi connectivity index (χ3n) is 7.03. The Morgan fingerprint density at radius 2 is 1.87 bits per heavy atom. The summed E-state index contributed by atoms with van der Waals surface area (Å²) in [5.41, 5.74) is 5.65. The van der Waals surface area contributed by atoms with E-state index < -0.39 is 0 Å². The van der Waals surface area contributed by atoms with E-state index in [2.05, 4.69) is 54.8 Å². The van der Waals surface area contributed by atoms with Gasteiger partial charge in [-0.2, -0.15) is 9.61 Å². The highest BCUT2D eigenvalue weighted by Crippen LogP contribution is 2.31. The molecule has 2 aromatic carbocycles. The van der Waals surface area contributed by atoms with E-state index in [1.54, 1.807) is 16.9 Å². The van der Waals surface area contributed by atoms with Gasteiger partial charge in [-0.3, -0.25) is 4.98 Å². The molecule has 6 rings (SSSR count). The number of piperidine rings is 1. The molecule has 5 aromatic rings. The summed E-state index contributed by atoms with van der Waals surface area (Å²) in [7, 11) is 0. The van der Waals surface area contributed by atoms with Crippen molar-refractivity contribution in [3.8, 4) is 11.1 Å². The number of rotatable bonds is 6. The normalized spacial score (nSPS) is 15.3. The van der Waals surface area contributed by atoms with Crippen LogP contribution in [0.15, 0.2) is 95.9 Å².